The van der Waals surface area contributed by atoms with Crippen LogP contribution < -0.4 is 0 Å². The van der Waals surface area contributed by atoms with Crippen LogP contribution >= 0.6 is 0 Å². The summed E-state index contributed by atoms with van der Waals surface area (Å²) < 4.78 is 5.32. The van der Waals surface area contributed by atoms with E-state index in [1.54, 1.807) is 6.08 Å². The van der Waals surface area contributed by atoms with Gasteiger partial charge in [-0.05, 0) is 63.9 Å². The Kier molecular flexibility index (Phi) is 7.63. The molecule has 1 aromatic heterocycles. The van der Waals surface area contributed by atoms with Crippen LogP contribution in [0.3, 0.4) is 0 Å². The van der Waals surface area contributed by atoms with Crippen molar-refractivity contribution in [2.75, 3.05) is 13.1 Å². The van der Waals surface area contributed by atoms with Crippen LogP contribution in [0.2, 0.25) is 0 Å². The molecule has 1 N–H and O–H groups in total. The van der Waals surface area contributed by atoms with Crippen LogP contribution in [0.4, 0.5) is 0 Å². The Labute approximate surface area is 202 Å². The molecule has 1 aliphatic heterocycles. The van der Waals surface area contributed by atoms with Crippen molar-refractivity contribution in [3.63, 3.8) is 0 Å². The fourth-order valence-electron chi connectivity index (χ4n) is 4.28. The quantitative estimate of drug-likeness (QED) is 0.349. The van der Waals surface area contributed by atoms with Crippen molar-refractivity contribution in [2.24, 2.45) is 0 Å². The molecule has 1 saturated heterocycles. The molecule has 0 amide bonds. The number of benzene rings is 2. The molecule has 4 rings (SSSR count). The number of nitrogens with one attached hydrogen (secondary N) is 1. The van der Waals surface area contributed by atoms with Crippen molar-refractivity contribution in [1.82, 2.24) is 14.9 Å². The molecule has 34 heavy (non-hydrogen) atoms. The van der Waals surface area contributed by atoms with Gasteiger partial charge in [-0.25, -0.2) is 9.78 Å². The third-order valence-corrected chi connectivity index (χ3v) is 5.88. The molecule has 5 heteroatoms. The van der Waals surface area contributed by atoms with Gasteiger partial charge in [0.2, 0.25) is 0 Å². The Morgan fingerprint density at radius 2 is 1.74 bits per heavy atom. The first kappa shape index (κ1) is 24.0. The molecule has 0 spiro atoms. The van der Waals surface area contributed by atoms with Gasteiger partial charge >= 0.3 is 5.97 Å². The average molecular weight is 458 g/mol. The number of likely N-dealkylation sites (tertiary alicyclic amines) is 1. The smallest absolute Gasteiger partial charge is 0.331 e. The van der Waals surface area contributed by atoms with E-state index in [2.05, 4.69) is 46.3 Å². The first-order valence-corrected chi connectivity index (χ1v) is 12.2. The molecular formula is C29H35N3O2. The van der Waals surface area contributed by atoms with Gasteiger partial charge in [0, 0.05) is 24.6 Å². The van der Waals surface area contributed by atoms with Crippen LogP contribution in [0.25, 0.3) is 17.3 Å². The third-order valence-electron chi connectivity index (χ3n) is 5.88. The lowest BCUT2D eigenvalue weighted by molar-refractivity contribution is -0.148. The van der Waals surface area contributed by atoms with E-state index in [1.165, 1.54) is 36.6 Å². The van der Waals surface area contributed by atoms with Gasteiger partial charge in [-0.3, -0.25) is 4.90 Å². The molecule has 0 saturated carbocycles. The topological polar surface area (TPSA) is 58.2 Å². The SMILES string of the molecule is CC(C)(C)OC(=O)/C=C/c1ccc(Cc2nc(-c3ccccc3)c(CN3CCCCC3)[nH]2)cc1. The van der Waals surface area contributed by atoms with Crippen LogP contribution in [-0.4, -0.2) is 39.5 Å². The summed E-state index contributed by atoms with van der Waals surface area (Å²) in [5, 5.41) is 0. The van der Waals surface area contributed by atoms with Crippen LogP contribution in [0.1, 0.15) is 62.7 Å². The number of nitrogens with zero attached hydrogens (tertiary/aromatic N) is 2. The zero-order valence-corrected chi connectivity index (χ0v) is 20.5. The lowest BCUT2D eigenvalue weighted by Crippen LogP contribution is -2.29. The van der Waals surface area contributed by atoms with E-state index in [0.29, 0.717) is 0 Å². The number of hydrogen-bond donors (Lipinski definition) is 1. The van der Waals surface area contributed by atoms with Gasteiger partial charge in [0.15, 0.2) is 0 Å². The number of esters is 1. The fraction of sp³-hybridized carbons (Fsp3) is 0.379. The second kappa shape index (κ2) is 10.8. The summed E-state index contributed by atoms with van der Waals surface area (Å²) in [5.74, 6) is 0.643. The highest BCUT2D eigenvalue weighted by atomic mass is 16.6. The first-order valence-electron chi connectivity index (χ1n) is 12.2. The van der Waals surface area contributed by atoms with E-state index in [-0.39, 0.29) is 5.97 Å². The number of piperidine rings is 1. The number of rotatable bonds is 7. The van der Waals surface area contributed by atoms with Crippen LogP contribution in [0.15, 0.2) is 60.7 Å². The van der Waals surface area contributed by atoms with Crippen LogP contribution in [0, 0.1) is 0 Å². The first-order chi connectivity index (χ1) is 16.4. The molecule has 178 valence electrons. The van der Waals surface area contributed by atoms with E-state index in [0.717, 1.165) is 48.7 Å². The summed E-state index contributed by atoms with van der Waals surface area (Å²) in [6, 6.07) is 18.7. The Bertz CT molecular complexity index is 1100. The van der Waals surface area contributed by atoms with Gasteiger partial charge in [-0.2, -0.15) is 0 Å². The lowest BCUT2D eigenvalue weighted by atomic mass is 10.1. The maximum atomic E-state index is 11.9. The molecule has 0 bridgehead atoms. The van der Waals surface area contributed by atoms with E-state index >= 15 is 0 Å². The van der Waals surface area contributed by atoms with Gasteiger partial charge < -0.3 is 9.72 Å². The van der Waals surface area contributed by atoms with Crippen molar-refractivity contribution in [1.29, 1.82) is 0 Å². The van der Waals surface area contributed by atoms with E-state index in [1.807, 2.05) is 39.0 Å². The molecule has 0 radical (unpaired) electrons. The number of ether oxygens (including phenoxy) is 1. The lowest BCUT2D eigenvalue weighted by Gasteiger charge is -2.26. The zero-order valence-electron chi connectivity index (χ0n) is 20.5. The van der Waals surface area contributed by atoms with Crippen molar-refractivity contribution < 1.29 is 9.53 Å². The molecule has 0 aliphatic carbocycles. The Balaban J connectivity index is 1.47. The molecule has 0 atom stereocenters. The summed E-state index contributed by atoms with van der Waals surface area (Å²) in [7, 11) is 0. The second-order valence-corrected chi connectivity index (χ2v) is 10.00. The van der Waals surface area contributed by atoms with Gasteiger partial charge in [0.25, 0.3) is 0 Å². The number of carbonyl (C=O) groups excluding carboxylic acids is 1. The number of aromatic nitrogens is 2. The number of carbonyl (C=O) groups is 1. The Morgan fingerprint density at radius 3 is 2.41 bits per heavy atom. The van der Waals surface area contributed by atoms with Crippen molar-refractivity contribution in [3.8, 4) is 11.3 Å². The van der Waals surface area contributed by atoms with E-state index in [9.17, 15) is 4.79 Å². The molecule has 3 aromatic rings. The predicted octanol–water partition coefficient (Wildman–Crippen LogP) is 6.01. The maximum absolute atomic E-state index is 11.9. The van der Waals surface area contributed by atoms with Gasteiger partial charge in [-0.15, -0.1) is 0 Å². The van der Waals surface area contributed by atoms with E-state index in [4.69, 9.17) is 9.72 Å². The minimum atomic E-state index is -0.486. The molecule has 2 heterocycles. The minimum absolute atomic E-state index is 0.332. The minimum Gasteiger partial charge on any atom is -0.457 e. The summed E-state index contributed by atoms with van der Waals surface area (Å²) in [4.78, 5) is 23.1. The molecule has 2 aromatic carbocycles. The maximum Gasteiger partial charge on any atom is 0.331 e. The van der Waals surface area contributed by atoms with Crippen LogP contribution in [0.5, 0.6) is 0 Å². The summed E-state index contributed by atoms with van der Waals surface area (Å²) in [6.07, 6.45) is 7.88. The fourth-order valence-corrected chi connectivity index (χ4v) is 4.28. The van der Waals surface area contributed by atoms with Gasteiger partial charge in [-0.1, -0.05) is 61.0 Å². The largest absolute Gasteiger partial charge is 0.457 e. The summed E-state index contributed by atoms with van der Waals surface area (Å²) in [6.45, 7) is 8.81. The molecule has 0 unspecified atom stereocenters. The summed E-state index contributed by atoms with van der Waals surface area (Å²) in [5.41, 5.74) is 5.05. The molecular weight excluding hydrogens is 422 g/mol. The number of imidazole rings is 1. The average Bonchev–Trinajstić information content (AvgIpc) is 3.21. The van der Waals surface area contributed by atoms with Crippen LogP contribution in [-0.2, 0) is 22.5 Å². The zero-order chi connectivity index (χ0) is 24.0. The van der Waals surface area contributed by atoms with Crippen molar-refractivity contribution in [3.05, 3.63) is 83.3 Å². The Morgan fingerprint density at radius 1 is 1.03 bits per heavy atom. The number of aromatic amines is 1. The monoisotopic (exact) mass is 457 g/mol. The highest BCUT2D eigenvalue weighted by Crippen LogP contribution is 2.25. The second-order valence-electron chi connectivity index (χ2n) is 10.00. The van der Waals surface area contributed by atoms with Crippen molar-refractivity contribution in [2.45, 2.75) is 58.6 Å². The van der Waals surface area contributed by atoms with Gasteiger partial charge in [0.1, 0.15) is 11.4 Å². The van der Waals surface area contributed by atoms with Gasteiger partial charge in [0.05, 0.1) is 11.4 Å². The van der Waals surface area contributed by atoms with E-state index < -0.39 is 5.60 Å². The van der Waals surface area contributed by atoms with Crippen molar-refractivity contribution >= 4 is 12.0 Å². The normalized spacial score (nSPS) is 15.0. The Hall–Kier alpha value is -3.18. The number of H-pyrrole nitrogens is 1. The standard InChI is InChI=1S/C29H35N3O2/c1-29(2,3)34-27(33)17-16-22-12-14-23(15-13-22)20-26-30-25(21-32-18-8-5-9-19-32)28(31-26)24-10-6-4-7-11-24/h4,6-7,10-17H,5,8-9,18-21H2,1-3H3,(H,30,31)/b17-16+. The molecule has 1 fully saturated rings. The summed E-state index contributed by atoms with van der Waals surface area (Å²) >= 11 is 0. The predicted molar refractivity (Wildman–Crippen MR) is 137 cm³/mol. The number of hydrogen-bond acceptors (Lipinski definition) is 4. The highest BCUT2D eigenvalue weighted by Gasteiger charge is 2.17. The highest BCUT2D eigenvalue weighted by molar-refractivity contribution is 5.87. The molecule has 5 nitrogen and oxygen atoms in total. The third kappa shape index (κ3) is 6.91. The molecule has 1 aliphatic rings.